The van der Waals surface area contributed by atoms with E-state index in [0.29, 0.717) is 18.9 Å². The van der Waals surface area contributed by atoms with Crippen molar-refractivity contribution < 1.29 is 9.53 Å². The van der Waals surface area contributed by atoms with Crippen LogP contribution < -0.4 is 0 Å². The smallest absolute Gasteiger partial charge is 0.305 e. The average molecular weight is 523 g/mol. The largest absolute Gasteiger partial charge is 0.465 e. The van der Waals surface area contributed by atoms with Crippen LogP contribution in [0.1, 0.15) is 207 Å². The van der Waals surface area contributed by atoms with Crippen molar-refractivity contribution >= 4 is 5.97 Å². The van der Waals surface area contributed by atoms with Gasteiger partial charge in [-0.15, -0.1) is 0 Å². The highest BCUT2D eigenvalue weighted by Gasteiger charge is 2.12. The van der Waals surface area contributed by atoms with Crippen LogP contribution in [-0.4, -0.2) is 12.6 Å². The third-order valence-corrected chi connectivity index (χ3v) is 8.15. The lowest BCUT2D eigenvalue weighted by Crippen LogP contribution is -2.14. The molecule has 0 aromatic rings. The van der Waals surface area contributed by atoms with Gasteiger partial charge in [0.15, 0.2) is 0 Å². The third kappa shape index (κ3) is 29.9. The lowest BCUT2D eigenvalue weighted by Gasteiger charge is -2.17. The molecule has 0 bridgehead atoms. The van der Waals surface area contributed by atoms with Crippen LogP contribution >= 0.6 is 0 Å². The summed E-state index contributed by atoms with van der Waals surface area (Å²) in [6.45, 7) is 7.52. The highest BCUT2D eigenvalue weighted by Crippen LogP contribution is 2.20. The Balaban J connectivity index is 3.76. The average Bonchev–Trinajstić information content (AvgIpc) is 2.90. The lowest BCUT2D eigenvalue weighted by molar-refractivity contribution is -0.145. The van der Waals surface area contributed by atoms with Crippen LogP contribution in [0.25, 0.3) is 0 Å². The number of carbonyl (C=O) groups excluding carboxylic acids is 1. The molecule has 0 radical (unpaired) electrons. The van der Waals surface area contributed by atoms with Gasteiger partial charge in [0.25, 0.3) is 0 Å². The number of carbonyl (C=O) groups is 1. The summed E-state index contributed by atoms with van der Waals surface area (Å²) >= 11 is 0. The van der Waals surface area contributed by atoms with Gasteiger partial charge in [0.2, 0.25) is 0 Å². The summed E-state index contributed by atoms with van der Waals surface area (Å²) in [5.74, 6) is 0.632. The van der Waals surface area contributed by atoms with Gasteiger partial charge >= 0.3 is 5.97 Å². The van der Waals surface area contributed by atoms with E-state index in [4.69, 9.17) is 4.74 Å². The number of unbranched alkanes of at least 4 members (excludes halogenated alkanes) is 23. The Morgan fingerprint density at radius 2 is 0.730 bits per heavy atom. The van der Waals surface area contributed by atoms with E-state index in [2.05, 4.69) is 20.8 Å². The molecule has 0 aromatic heterocycles. The highest BCUT2D eigenvalue weighted by molar-refractivity contribution is 5.69. The van der Waals surface area contributed by atoms with Crippen LogP contribution in [0.2, 0.25) is 0 Å². The van der Waals surface area contributed by atoms with Crippen LogP contribution in [-0.2, 0) is 9.53 Å². The lowest BCUT2D eigenvalue weighted by atomic mass is 9.95. The third-order valence-electron chi connectivity index (χ3n) is 8.15. The fourth-order valence-corrected chi connectivity index (χ4v) is 5.48. The van der Waals surface area contributed by atoms with Crippen molar-refractivity contribution in [3.05, 3.63) is 0 Å². The van der Waals surface area contributed by atoms with Crippen LogP contribution in [0, 0.1) is 5.92 Å². The first-order valence-corrected chi connectivity index (χ1v) is 17.4. The summed E-state index contributed by atoms with van der Waals surface area (Å²) in [7, 11) is 0. The minimum Gasteiger partial charge on any atom is -0.465 e. The maximum Gasteiger partial charge on any atom is 0.305 e. The van der Waals surface area contributed by atoms with E-state index in [0.717, 1.165) is 6.42 Å². The van der Waals surface area contributed by atoms with E-state index >= 15 is 0 Å². The Hall–Kier alpha value is -0.530. The maximum absolute atomic E-state index is 12.3. The van der Waals surface area contributed by atoms with Gasteiger partial charge in [-0.25, -0.2) is 0 Å². The van der Waals surface area contributed by atoms with Gasteiger partial charge in [-0.2, -0.15) is 0 Å². The zero-order valence-electron chi connectivity index (χ0n) is 26.1. The molecule has 0 amide bonds. The molecule has 222 valence electrons. The summed E-state index contributed by atoms with van der Waals surface area (Å²) in [5, 5.41) is 0. The zero-order chi connectivity index (χ0) is 27.1. The first-order chi connectivity index (χ1) is 18.2. The van der Waals surface area contributed by atoms with E-state index in [-0.39, 0.29) is 5.97 Å². The normalized spacial score (nSPS) is 12.2. The van der Waals surface area contributed by atoms with Gasteiger partial charge in [0.05, 0.1) is 6.61 Å². The minimum atomic E-state index is 0.0504. The molecule has 0 rings (SSSR count). The quantitative estimate of drug-likeness (QED) is 0.0668. The summed E-state index contributed by atoms with van der Waals surface area (Å²) in [4.78, 5) is 12.3. The second-order valence-electron chi connectivity index (χ2n) is 12.0. The van der Waals surface area contributed by atoms with E-state index in [1.54, 1.807) is 0 Å². The van der Waals surface area contributed by atoms with Gasteiger partial charge in [-0.05, 0) is 25.2 Å². The van der Waals surface area contributed by atoms with E-state index < -0.39 is 0 Å². The van der Waals surface area contributed by atoms with Gasteiger partial charge < -0.3 is 4.74 Å². The molecule has 1 unspecified atom stereocenters. The number of rotatable bonds is 31. The molecular formula is C35H70O2. The van der Waals surface area contributed by atoms with Crippen LogP contribution in [0.4, 0.5) is 0 Å². The second-order valence-corrected chi connectivity index (χ2v) is 12.0. The van der Waals surface area contributed by atoms with Gasteiger partial charge in [0, 0.05) is 6.42 Å². The van der Waals surface area contributed by atoms with Crippen molar-refractivity contribution in [2.45, 2.75) is 207 Å². The van der Waals surface area contributed by atoms with Gasteiger partial charge in [-0.3, -0.25) is 4.79 Å². The molecule has 2 heteroatoms. The first-order valence-electron chi connectivity index (χ1n) is 17.4. The first kappa shape index (κ1) is 36.5. The Kier molecular flexibility index (Phi) is 31.2. The molecule has 0 spiro atoms. The molecule has 0 fully saturated rings. The highest BCUT2D eigenvalue weighted by atomic mass is 16.5. The van der Waals surface area contributed by atoms with E-state index in [1.807, 2.05) is 0 Å². The Morgan fingerprint density at radius 3 is 1.08 bits per heavy atom. The summed E-state index contributed by atoms with van der Waals surface area (Å²) in [6, 6.07) is 0. The predicted molar refractivity (Wildman–Crippen MR) is 165 cm³/mol. The molecule has 0 aliphatic carbocycles. The van der Waals surface area contributed by atoms with Crippen molar-refractivity contribution in [3.63, 3.8) is 0 Å². The molecular weight excluding hydrogens is 452 g/mol. The molecule has 0 aliphatic heterocycles. The molecule has 0 aromatic carbocycles. The molecule has 37 heavy (non-hydrogen) atoms. The molecule has 2 nitrogen and oxygen atoms in total. The Morgan fingerprint density at radius 1 is 0.432 bits per heavy atom. The van der Waals surface area contributed by atoms with Crippen molar-refractivity contribution in [1.82, 2.24) is 0 Å². The summed E-state index contributed by atoms with van der Waals surface area (Å²) in [5.41, 5.74) is 0. The summed E-state index contributed by atoms with van der Waals surface area (Å²) < 4.78 is 5.77. The van der Waals surface area contributed by atoms with Crippen molar-refractivity contribution in [1.29, 1.82) is 0 Å². The SMILES string of the molecule is CCCCCCCCCCCCCCCCC(=O)OCC(CCCCCCC)CCCCCCCCC. The van der Waals surface area contributed by atoms with E-state index in [1.165, 1.54) is 173 Å². The number of hydrogen-bond donors (Lipinski definition) is 0. The summed E-state index contributed by atoms with van der Waals surface area (Å²) in [6.07, 6.45) is 38.2. The van der Waals surface area contributed by atoms with Crippen molar-refractivity contribution in [2.75, 3.05) is 6.61 Å². The molecule has 0 aliphatic rings. The fourth-order valence-electron chi connectivity index (χ4n) is 5.48. The second kappa shape index (κ2) is 31.7. The molecule has 0 N–H and O–H groups in total. The molecule has 0 saturated carbocycles. The standard InChI is InChI=1S/C35H70O2/c1-4-7-10-13-15-16-17-18-19-20-21-23-26-29-32-35(36)37-33-34(30-27-24-12-9-6-3)31-28-25-22-14-11-8-5-2/h34H,4-33H2,1-3H3. The fraction of sp³-hybridized carbons (Fsp3) is 0.971. The molecule has 1 atom stereocenters. The Bertz CT molecular complexity index is 433. The van der Waals surface area contributed by atoms with Crippen LogP contribution in [0.5, 0.6) is 0 Å². The maximum atomic E-state index is 12.3. The van der Waals surface area contributed by atoms with Crippen molar-refractivity contribution in [3.8, 4) is 0 Å². The zero-order valence-corrected chi connectivity index (χ0v) is 26.1. The number of ether oxygens (including phenoxy) is 1. The predicted octanol–water partition coefficient (Wildman–Crippen LogP) is 12.5. The Labute approximate surface area is 234 Å². The number of hydrogen-bond acceptors (Lipinski definition) is 2. The molecule has 0 heterocycles. The van der Waals surface area contributed by atoms with Crippen molar-refractivity contribution in [2.24, 2.45) is 5.92 Å². The van der Waals surface area contributed by atoms with E-state index in [9.17, 15) is 4.79 Å². The monoisotopic (exact) mass is 523 g/mol. The number of esters is 1. The minimum absolute atomic E-state index is 0.0504. The topological polar surface area (TPSA) is 26.3 Å². The van der Waals surface area contributed by atoms with Gasteiger partial charge in [0.1, 0.15) is 0 Å². The van der Waals surface area contributed by atoms with Crippen LogP contribution in [0.3, 0.4) is 0 Å². The van der Waals surface area contributed by atoms with Gasteiger partial charge in [-0.1, -0.05) is 181 Å². The van der Waals surface area contributed by atoms with Crippen LogP contribution in [0.15, 0.2) is 0 Å². The molecule has 0 saturated heterocycles.